The van der Waals surface area contributed by atoms with Crippen LogP contribution < -0.4 is 5.32 Å². The van der Waals surface area contributed by atoms with Crippen molar-refractivity contribution in [1.29, 1.82) is 0 Å². The van der Waals surface area contributed by atoms with Crippen molar-refractivity contribution < 1.29 is 19.4 Å². The molecule has 5 nitrogen and oxygen atoms in total. The number of carbonyl (C=O) groups is 2. The number of fused-ring (bicyclic) bond motifs is 2. The van der Waals surface area contributed by atoms with Crippen molar-refractivity contribution in [2.24, 2.45) is 17.8 Å². The van der Waals surface area contributed by atoms with Crippen LogP contribution in [0.5, 0.6) is 0 Å². The number of alkyl carbamates (subject to hydrolysis) is 1. The van der Waals surface area contributed by atoms with E-state index >= 15 is 0 Å². The van der Waals surface area contributed by atoms with Gasteiger partial charge in [0.15, 0.2) is 0 Å². The number of carboxylic acid groups (broad SMARTS) is 1. The number of hydrogen-bond donors (Lipinski definition) is 2. The quantitative estimate of drug-likeness (QED) is 0.791. The molecule has 2 aliphatic carbocycles. The first-order valence-corrected chi connectivity index (χ1v) is 6.48. The second-order valence-corrected chi connectivity index (χ2v) is 6.43. The lowest BCUT2D eigenvalue weighted by Gasteiger charge is -2.29. The Morgan fingerprint density at radius 3 is 2.39 bits per heavy atom. The van der Waals surface area contributed by atoms with Gasteiger partial charge < -0.3 is 15.2 Å². The van der Waals surface area contributed by atoms with Gasteiger partial charge >= 0.3 is 12.1 Å². The molecule has 0 heterocycles. The van der Waals surface area contributed by atoms with Crippen LogP contribution in [0.1, 0.15) is 40.0 Å². The van der Waals surface area contributed by atoms with Crippen molar-refractivity contribution in [2.75, 3.05) is 0 Å². The van der Waals surface area contributed by atoms with E-state index in [4.69, 9.17) is 9.84 Å². The first-order chi connectivity index (χ1) is 8.26. The summed E-state index contributed by atoms with van der Waals surface area (Å²) in [6.07, 6.45) is 2.11. The number of aliphatic carboxylic acids is 1. The smallest absolute Gasteiger partial charge is 0.407 e. The average molecular weight is 255 g/mol. The Labute approximate surface area is 107 Å². The lowest BCUT2D eigenvalue weighted by Crippen LogP contribution is -2.44. The number of amides is 1. The normalized spacial score (nSPS) is 34.4. The van der Waals surface area contributed by atoms with Gasteiger partial charge in [0.2, 0.25) is 0 Å². The third kappa shape index (κ3) is 2.76. The summed E-state index contributed by atoms with van der Waals surface area (Å²) in [6.45, 7) is 5.44. The zero-order valence-electron chi connectivity index (χ0n) is 11.1. The predicted molar refractivity (Wildman–Crippen MR) is 65.1 cm³/mol. The molecule has 2 saturated carbocycles. The molecule has 0 aromatic heterocycles. The molecule has 4 atom stereocenters. The van der Waals surface area contributed by atoms with Gasteiger partial charge in [-0.2, -0.15) is 0 Å². The van der Waals surface area contributed by atoms with Crippen LogP contribution in [-0.2, 0) is 9.53 Å². The summed E-state index contributed by atoms with van der Waals surface area (Å²) < 4.78 is 5.21. The fraction of sp³-hybridized carbons (Fsp3) is 0.846. The molecule has 0 spiro atoms. The second-order valence-electron chi connectivity index (χ2n) is 6.43. The Bertz CT molecular complexity index is 360. The molecule has 1 amide bonds. The molecule has 18 heavy (non-hydrogen) atoms. The molecule has 0 saturated heterocycles. The summed E-state index contributed by atoms with van der Waals surface area (Å²) in [6, 6.07) is -0.0419. The zero-order chi connectivity index (χ0) is 13.5. The molecular weight excluding hydrogens is 234 g/mol. The van der Waals surface area contributed by atoms with Gasteiger partial charge in [-0.05, 0) is 51.9 Å². The molecule has 0 aromatic carbocycles. The standard InChI is InChI=1S/C13H21NO4/c1-13(2,3)18-12(17)14-10-6-7-4-8(10)9(5-7)11(15)16/h7-10H,4-6H2,1-3H3,(H,14,17)(H,15,16)/t7-,8+,9-,10+/m1/s1. The van der Waals surface area contributed by atoms with E-state index in [2.05, 4.69) is 5.32 Å². The molecule has 0 aromatic rings. The number of hydrogen-bond acceptors (Lipinski definition) is 3. The van der Waals surface area contributed by atoms with Gasteiger partial charge in [-0.3, -0.25) is 4.79 Å². The van der Waals surface area contributed by atoms with E-state index in [9.17, 15) is 9.59 Å². The van der Waals surface area contributed by atoms with Gasteiger partial charge in [-0.25, -0.2) is 4.79 Å². The van der Waals surface area contributed by atoms with E-state index in [1.54, 1.807) is 0 Å². The molecule has 2 aliphatic rings. The summed E-state index contributed by atoms with van der Waals surface area (Å²) in [7, 11) is 0. The van der Waals surface area contributed by atoms with E-state index in [1.807, 2.05) is 20.8 Å². The summed E-state index contributed by atoms with van der Waals surface area (Å²) in [5.41, 5.74) is -0.520. The Morgan fingerprint density at radius 1 is 1.22 bits per heavy atom. The maximum absolute atomic E-state index is 11.7. The van der Waals surface area contributed by atoms with Crippen molar-refractivity contribution in [2.45, 2.75) is 51.7 Å². The van der Waals surface area contributed by atoms with Crippen molar-refractivity contribution in [3.8, 4) is 0 Å². The average Bonchev–Trinajstić information content (AvgIpc) is 2.72. The maximum Gasteiger partial charge on any atom is 0.407 e. The Morgan fingerprint density at radius 2 is 1.89 bits per heavy atom. The summed E-state index contributed by atoms with van der Waals surface area (Å²) in [5, 5.41) is 12.0. The fourth-order valence-electron chi connectivity index (χ4n) is 3.26. The van der Waals surface area contributed by atoms with Gasteiger partial charge in [0.25, 0.3) is 0 Å². The molecule has 0 unspecified atom stereocenters. The van der Waals surface area contributed by atoms with E-state index in [0.29, 0.717) is 5.92 Å². The van der Waals surface area contributed by atoms with Gasteiger partial charge in [0, 0.05) is 6.04 Å². The van der Waals surface area contributed by atoms with Crippen LogP contribution in [0.3, 0.4) is 0 Å². The molecule has 0 radical (unpaired) electrons. The van der Waals surface area contributed by atoms with E-state index < -0.39 is 17.7 Å². The van der Waals surface area contributed by atoms with Crippen LogP contribution >= 0.6 is 0 Å². The van der Waals surface area contributed by atoms with Crippen molar-refractivity contribution >= 4 is 12.1 Å². The van der Waals surface area contributed by atoms with Crippen LogP contribution in [0.25, 0.3) is 0 Å². The SMILES string of the molecule is CC(C)(C)OC(=O)N[C@H]1C[C@@H]2C[C@H]1[C@H](C(=O)O)C2. The minimum atomic E-state index is -0.738. The number of rotatable bonds is 2. The van der Waals surface area contributed by atoms with Crippen LogP contribution in [-0.4, -0.2) is 28.8 Å². The van der Waals surface area contributed by atoms with Crippen molar-refractivity contribution in [1.82, 2.24) is 5.32 Å². The fourth-order valence-corrected chi connectivity index (χ4v) is 3.26. The largest absolute Gasteiger partial charge is 0.481 e. The Kier molecular flexibility index (Phi) is 3.25. The number of carbonyl (C=O) groups excluding carboxylic acids is 1. The highest BCUT2D eigenvalue weighted by Crippen LogP contribution is 2.48. The van der Waals surface area contributed by atoms with Crippen LogP contribution in [0.15, 0.2) is 0 Å². The van der Waals surface area contributed by atoms with Crippen LogP contribution in [0.2, 0.25) is 0 Å². The predicted octanol–water partition coefficient (Wildman–Crippen LogP) is 2.01. The third-order valence-corrected chi connectivity index (χ3v) is 3.83. The van der Waals surface area contributed by atoms with Gasteiger partial charge in [-0.15, -0.1) is 0 Å². The monoisotopic (exact) mass is 255 g/mol. The second kappa shape index (κ2) is 4.44. The summed E-state index contributed by atoms with van der Waals surface area (Å²) in [4.78, 5) is 22.8. The molecule has 2 fully saturated rings. The topological polar surface area (TPSA) is 75.6 Å². The first-order valence-electron chi connectivity index (χ1n) is 6.48. The molecule has 5 heteroatoms. The molecule has 2 rings (SSSR count). The molecule has 2 N–H and O–H groups in total. The number of carboxylic acids is 1. The zero-order valence-corrected chi connectivity index (χ0v) is 11.1. The van der Waals surface area contributed by atoms with Gasteiger partial charge in [0.05, 0.1) is 5.92 Å². The minimum absolute atomic E-state index is 0.0419. The highest BCUT2D eigenvalue weighted by atomic mass is 16.6. The highest BCUT2D eigenvalue weighted by molar-refractivity contribution is 5.72. The van der Waals surface area contributed by atoms with Crippen molar-refractivity contribution in [3.63, 3.8) is 0 Å². The molecule has 102 valence electrons. The van der Waals surface area contributed by atoms with E-state index in [0.717, 1.165) is 19.3 Å². The third-order valence-electron chi connectivity index (χ3n) is 3.83. The summed E-state index contributed by atoms with van der Waals surface area (Å²) in [5.74, 6) is -0.530. The van der Waals surface area contributed by atoms with Gasteiger partial charge in [-0.1, -0.05) is 0 Å². The number of ether oxygens (including phenoxy) is 1. The van der Waals surface area contributed by atoms with Crippen LogP contribution in [0, 0.1) is 17.8 Å². The molecular formula is C13H21NO4. The first kappa shape index (κ1) is 13.2. The van der Waals surface area contributed by atoms with Crippen molar-refractivity contribution in [3.05, 3.63) is 0 Å². The minimum Gasteiger partial charge on any atom is -0.481 e. The Hall–Kier alpha value is -1.26. The maximum atomic E-state index is 11.7. The molecule has 0 aliphatic heterocycles. The molecule has 2 bridgehead atoms. The van der Waals surface area contributed by atoms with Gasteiger partial charge in [0.1, 0.15) is 5.60 Å². The summed E-state index contributed by atoms with van der Waals surface area (Å²) >= 11 is 0. The lowest BCUT2D eigenvalue weighted by molar-refractivity contribution is -0.143. The highest BCUT2D eigenvalue weighted by Gasteiger charge is 2.49. The van der Waals surface area contributed by atoms with Crippen LogP contribution in [0.4, 0.5) is 4.79 Å². The Balaban J connectivity index is 1.92. The van der Waals surface area contributed by atoms with E-state index in [-0.39, 0.29) is 17.9 Å². The lowest BCUT2D eigenvalue weighted by atomic mass is 9.85. The van der Waals surface area contributed by atoms with E-state index in [1.165, 1.54) is 0 Å². The number of nitrogens with one attached hydrogen (secondary N) is 1.